The van der Waals surface area contributed by atoms with Crippen molar-refractivity contribution in [3.8, 4) is 5.75 Å². The first kappa shape index (κ1) is 36.1. The van der Waals surface area contributed by atoms with Gasteiger partial charge < -0.3 is 25.0 Å². The molecule has 3 N–H and O–H groups in total. The second-order valence-corrected chi connectivity index (χ2v) is 18.0. The summed E-state index contributed by atoms with van der Waals surface area (Å²) in [5.41, 5.74) is -0.221. The third-order valence-electron chi connectivity index (χ3n) is 10.7. The van der Waals surface area contributed by atoms with Crippen LogP contribution in [0, 0.1) is 5.92 Å². The SMILES string of the molecule is CC(C)(C)OC(=O)N[C@H]1CCCCCC=C[C@@H]2C[C@@]2(C(=O)NS(=O)(=O)C2(C)CC2)NC(=O)[C@@H]2C[C@@H](Oc3ccnc4c3CCCC4)CN2C1=O. The van der Waals surface area contributed by atoms with E-state index in [-0.39, 0.29) is 19.4 Å². The Morgan fingerprint density at radius 2 is 1.84 bits per heavy atom. The van der Waals surface area contributed by atoms with Crippen LogP contribution in [0.3, 0.4) is 0 Å². The molecule has 0 aromatic carbocycles. The first-order valence-electron chi connectivity index (χ1n) is 18.1. The Morgan fingerprint density at radius 1 is 1.08 bits per heavy atom. The zero-order valence-electron chi connectivity index (χ0n) is 29.6. The molecule has 1 aromatic heterocycles. The molecule has 2 aliphatic heterocycles. The number of pyridine rings is 1. The minimum absolute atomic E-state index is 0.0791. The Labute approximate surface area is 294 Å². The van der Waals surface area contributed by atoms with Crippen molar-refractivity contribution in [1.29, 1.82) is 0 Å². The molecule has 274 valence electrons. The Balaban J connectivity index is 1.29. The van der Waals surface area contributed by atoms with Crippen molar-refractivity contribution < 1.29 is 37.1 Å². The van der Waals surface area contributed by atoms with E-state index in [4.69, 9.17) is 9.47 Å². The number of hydrogen-bond acceptors (Lipinski definition) is 9. The van der Waals surface area contributed by atoms with Crippen LogP contribution in [0.15, 0.2) is 24.4 Å². The number of nitrogens with one attached hydrogen (secondary N) is 3. The third kappa shape index (κ3) is 7.79. The average molecular weight is 714 g/mol. The second kappa shape index (κ2) is 13.8. The molecule has 0 spiro atoms. The predicted molar refractivity (Wildman–Crippen MR) is 184 cm³/mol. The van der Waals surface area contributed by atoms with Gasteiger partial charge >= 0.3 is 6.09 Å². The number of carbonyl (C=O) groups excluding carboxylic acids is 4. The predicted octanol–water partition coefficient (Wildman–Crippen LogP) is 3.60. The summed E-state index contributed by atoms with van der Waals surface area (Å²) in [4.78, 5) is 61.4. The minimum atomic E-state index is -3.96. The number of aromatic nitrogens is 1. The number of carbonyl (C=O) groups is 4. The summed E-state index contributed by atoms with van der Waals surface area (Å²) in [5, 5.41) is 5.67. The lowest BCUT2D eigenvalue weighted by Gasteiger charge is -2.30. The summed E-state index contributed by atoms with van der Waals surface area (Å²) in [6, 6.07) is -0.176. The van der Waals surface area contributed by atoms with E-state index in [2.05, 4.69) is 20.3 Å². The smallest absolute Gasteiger partial charge is 0.408 e. The molecule has 3 aliphatic carbocycles. The maximum Gasteiger partial charge on any atom is 0.408 e. The van der Waals surface area contributed by atoms with Crippen molar-refractivity contribution in [3.63, 3.8) is 0 Å². The van der Waals surface area contributed by atoms with Gasteiger partial charge in [-0.05, 0) is 98.0 Å². The molecule has 13 nitrogen and oxygen atoms in total. The molecule has 3 heterocycles. The molecule has 1 saturated heterocycles. The number of ether oxygens (including phenoxy) is 2. The van der Waals surface area contributed by atoms with Gasteiger partial charge in [-0.2, -0.15) is 0 Å². The fourth-order valence-electron chi connectivity index (χ4n) is 7.28. The number of fused-ring (bicyclic) bond motifs is 3. The van der Waals surface area contributed by atoms with Crippen molar-refractivity contribution in [2.45, 2.75) is 145 Å². The fraction of sp³-hybridized carbons (Fsp3) is 0.694. The standard InChI is InChI=1S/C36H51N5O8S/c1-34(2,3)49-33(45)38-27-15-9-7-5-6-8-12-23-21-36(23,32(44)40-50(46,47)35(4)17-18-35)39-30(42)28-20-24(22-41(28)31(27)43)48-29-16-19-37-26-14-11-10-13-25(26)29/h8,12,16,19,23-24,27-28H,5-7,9-11,13-15,17-18,20-22H2,1-4H3,(H,38,45)(H,39,42)(H,40,44)/t23-,24-,27+,28+,36-/m1/s1. The first-order chi connectivity index (χ1) is 23.6. The number of sulfonamides is 1. The van der Waals surface area contributed by atoms with E-state index in [9.17, 15) is 27.6 Å². The number of rotatable bonds is 6. The Bertz CT molecular complexity index is 1650. The summed E-state index contributed by atoms with van der Waals surface area (Å²) in [7, 11) is -3.96. The molecule has 0 unspecified atom stereocenters. The lowest BCUT2D eigenvalue weighted by Crippen LogP contribution is -2.58. The van der Waals surface area contributed by atoms with E-state index < -0.39 is 73.8 Å². The van der Waals surface area contributed by atoms with Crippen LogP contribution in [0.2, 0.25) is 0 Å². The van der Waals surface area contributed by atoms with Gasteiger partial charge in [0, 0.05) is 29.8 Å². The maximum atomic E-state index is 14.4. The highest BCUT2D eigenvalue weighted by molar-refractivity contribution is 7.91. The van der Waals surface area contributed by atoms with Gasteiger partial charge in [0.15, 0.2) is 0 Å². The van der Waals surface area contributed by atoms with Crippen LogP contribution in [-0.2, 0) is 42.0 Å². The highest BCUT2D eigenvalue weighted by Crippen LogP contribution is 2.47. The third-order valence-corrected chi connectivity index (χ3v) is 12.8. The molecule has 0 radical (unpaired) electrons. The molecule has 6 rings (SSSR count). The molecule has 50 heavy (non-hydrogen) atoms. The summed E-state index contributed by atoms with van der Waals surface area (Å²) < 4.78 is 39.4. The Morgan fingerprint density at radius 3 is 2.58 bits per heavy atom. The van der Waals surface area contributed by atoms with Crippen LogP contribution >= 0.6 is 0 Å². The van der Waals surface area contributed by atoms with Gasteiger partial charge in [0.2, 0.25) is 21.8 Å². The number of amides is 4. The van der Waals surface area contributed by atoms with Crippen LogP contribution in [-0.4, -0.2) is 82.7 Å². The maximum absolute atomic E-state index is 14.4. The van der Waals surface area contributed by atoms with Crippen LogP contribution in [0.25, 0.3) is 0 Å². The van der Waals surface area contributed by atoms with Crippen LogP contribution in [0.1, 0.15) is 110 Å². The van der Waals surface area contributed by atoms with E-state index in [1.165, 1.54) is 4.90 Å². The molecule has 0 bridgehead atoms. The van der Waals surface area contributed by atoms with Crippen molar-refractivity contribution in [2.24, 2.45) is 5.92 Å². The van der Waals surface area contributed by atoms with Gasteiger partial charge in [0.1, 0.15) is 35.1 Å². The lowest BCUT2D eigenvalue weighted by molar-refractivity contribution is -0.141. The molecule has 1 aromatic rings. The molecular weight excluding hydrogens is 662 g/mol. The second-order valence-electron chi connectivity index (χ2n) is 15.8. The summed E-state index contributed by atoms with van der Waals surface area (Å²) in [6.45, 7) is 6.91. The number of hydrogen-bond donors (Lipinski definition) is 3. The van der Waals surface area contributed by atoms with Crippen LogP contribution in [0.5, 0.6) is 5.75 Å². The normalized spacial score (nSPS) is 29.6. The molecular formula is C36H51N5O8S. The minimum Gasteiger partial charge on any atom is -0.488 e. The zero-order valence-corrected chi connectivity index (χ0v) is 30.4. The monoisotopic (exact) mass is 713 g/mol. The molecule has 5 atom stereocenters. The Hall–Kier alpha value is -3.68. The number of aryl methyl sites for hydroxylation is 1. The number of allylic oxidation sites excluding steroid dienone is 1. The molecule has 14 heteroatoms. The van der Waals surface area contributed by atoms with Crippen molar-refractivity contribution in [3.05, 3.63) is 35.7 Å². The molecule has 5 aliphatic rings. The zero-order chi connectivity index (χ0) is 35.9. The first-order valence-corrected chi connectivity index (χ1v) is 19.6. The summed E-state index contributed by atoms with van der Waals surface area (Å²) in [5.74, 6) is -1.51. The molecule has 4 amide bonds. The van der Waals surface area contributed by atoms with Gasteiger partial charge in [0.05, 0.1) is 11.3 Å². The average Bonchev–Trinajstić information content (AvgIpc) is 3.92. The van der Waals surface area contributed by atoms with E-state index in [1.54, 1.807) is 33.9 Å². The lowest BCUT2D eigenvalue weighted by atomic mass is 9.95. The van der Waals surface area contributed by atoms with Gasteiger partial charge in [-0.3, -0.25) is 24.1 Å². The van der Waals surface area contributed by atoms with Crippen LogP contribution in [0.4, 0.5) is 4.79 Å². The number of nitrogens with zero attached hydrogens (tertiary/aromatic N) is 2. The largest absolute Gasteiger partial charge is 0.488 e. The topological polar surface area (TPSA) is 173 Å². The van der Waals surface area contributed by atoms with Gasteiger partial charge in [-0.15, -0.1) is 0 Å². The fourth-order valence-corrected chi connectivity index (χ4v) is 8.59. The quantitative estimate of drug-likeness (QED) is 0.373. The molecule has 2 saturated carbocycles. The van der Waals surface area contributed by atoms with E-state index in [0.717, 1.165) is 49.8 Å². The van der Waals surface area contributed by atoms with Crippen molar-refractivity contribution >= 4 is 33.8 Å². The van der Waals surface area contributed by atoms with E-state index >= 15 is 0 Å². The van der Waals surface area contributed by atoms with E-state index in [0.29, 0.717) is 37.9 Å². The van der Waals surface area contributed by atoms with Crippen molar-refractivity contribution in [1.82, 2.24) is 25.2 Å². The highest BCUT2D eigenvalue weighted by Gasteiger charge is 2.63. The summed E-state index contributed by atoms with van der Waals surface area (Å²) in [6.07, 6.45) is 12.6. The van der Waals surface area contributed by atoms with Gasteiger partial charge in [-0.1, -0.05) is 25.0 Å². The Kier molecular flexibility index (Phi) is 9.97. The summed E-state index contributed by atoms with van der Waals surface area (Å²) >= 11 is 0. The number of alkyl carbamates (subject to hydrolysis) is 1. The van der Waals surface area contributed by atoms with Crippen LogP contribution < -0.4 is 20.1 Å². The van der Waals surface area contributed by atoms with Gasteiger partial charge in [-0.25, -0.2) is 13.2 Å². The van der Waals surface area contributed by atoms with Gasteiger partial charge in [0.25, 0.3) is 5.91 Å². The molecule has 3 fully saturated rings. The van der Waals surface area contributed by atoms with E-state index in [1.807, 2.05) is 18.2 Å². The highest BCUT2D eigenvalue weighted by atomic mass is 32.2. The van der Waals surface area contributed by atoms with Crippen molar-refractivity contribution in [2.75, 3.05) is 6.54 Å².